The summed E-state index contributed by atoms with van der Waals surface area (Å²) in [5, 5.41) is 0.602. The van der Waals surface area contributed by atoms with Crippen molar-refractivity contribution in [1.82, 2.24) is 9.47 Å². The Morgan fingerprint density at radius 2 is 1.84 bits per heavy atom. The van der Waals surface area contributed by atoms with Crippen LogP contribution in [0.1, 0.15) is 23.9 Å². The summed E-state index contributed by atoms with van der Waals surface area (Å²) < 4.78 is 16.4. The van der Waals surface area contributed by atoms with Gasteiger partial charge in [0.05, 0.1) is 16.3 Å². The lowest BCUT2D eigenvalue weighted by Crippen LogP contribution is -2.28. The van der Waals surface area contributed by atoms with Crippen LogP contribution in [0.5, 0.6) is 0 Å². The predicted octanol–water partition coefficient (Wildman–Crippen LogP) is 6.62. The minimum Gasteiger partial charge on any atom is -0.317 e. The van der Waals surface area contributed by atoms with Crippen LogP contribution in [-0.4, -0.2) is 27.1 Å². The maximum absolute atomic E-state index is 13.2. The molecule has 0 N–H and O–H groups in total. The number of benzene rings is 2. The number of aromatic nitrogens is 1. The average molecular weight is 498 g/mol. The molecule has 1 amide bonds. The van der Waals surface area contributed by atoms with E-state index in [2.05, 4.69) is 44.5 Å². The van der Waals surface area contributed by atoms with Gasteiger partial charge in [-0.2, -0.15) is 0 Å². The van der Waals surface area contributed by atoms with Crippen molar-refractivity contribution in [2.75, 3.05) is 6.54 Å². The molecule has 1 aliphatic rings. The SMILES string of the molecule is CCN1C(=O)/C(=C\c2cc(C)n(-c3ccccc3Br)c2C)SC1=Nc1ccc(F)cc1. The van der Waals surface area contributed by atoms with Crippen molar-refractivity contribution in [2.45, 2.75) is 20.8 Å². The number of carbonyl (C=O) groups excluding carboxylic acids is 1. The number of hydrogen-bond donors (Lipinski definition) is 0. The Labute approximate surface area is 193 Å². The van der Waals surface area contributed by atoms with Crippen LogP contribution in [-0.2, 0) is 4.79 Å². The van der Waals surface area contributed by atoms with Crippen LogP contribution in [0, 0.1) is 19.7 Å². The minimum absolute atomic E-state index is 0.0703. The molecule has 0 atom stereocenters. The van der Waals surface area contributed by atoms with E-state index in [9.17, 15) is 9.18 Å². The number of amides is 1. The first-order chi connectivity index (χ1) is 14.9. The van der Waals surface area contributed by atoms with E-state index in [0.717, 1.165) is 27.1 Å². The van der Waals surface area contributed by atoms with E-state index >= 15 is 0 Å². The summed E-state index contributed by atoms with van der Waals surface area (Å²) in [6.45, 7) is 6.53. The molecule has 0 radical (unpaired) electrons. The number of hydrogen-bond acceptors (Lipinski definition) is 3. The molecule has 2 heterocycles. The van der Waals surface area contributed by atoms with E-state index in [-0.39, 0.29) is 11.7 Å². The highest BCUT2D eigenvalue weighted by Crippen LogP contribution is 2.35. The van der Waals surface area contributed by atoms with Crippen molar-refractivity contribution in [3.63, 3.8) is 0 Å². The largest absolute Gasteiger partial charge is 0.317 e. The Bertz CT molecular complexity index is 1210. The number of nitrogens with zero attached hydrogens (tertiary/aromatic N) is 3. The smallest absolute Gasteiger partial charge is 0.266 e. The third-order valence-electron chi connectivity index (χ3n) is 5.11. The van der Waals surface area contributed by atoms with Crippen molar-refractivity contribution in [2.24, 2.45) is 4.99 Å². The molecule has 2 aromatic carbocycles. The second-order valence-electron chi connectivity index (χ2n) is 7.14. The Morgan fingerprint density at radius 1 is 1.13 bits per heavy atom. The molecule has 0 bridgehead atoms. The molecule has 1 aromatic heterocycles. The number of halogens is 2. The quantitative estimate of drug-likeness (QED) is 0.379. The molecule has 3 aromatic rings. The van der Waals surface area contributed by atoms with Crippen molar-refractivity contribution in [1.29, 1.82) is 0 Å². The summed E-state index contributed by atoms with van der Waals surface area (Å²) in [7, 11) is 0. The van der Waals surface area contributed by atoms with Crippen LogP contribution >= 0.6 is 27.7 Å². The van der Waals surface area contributed by atoms with Gasteiger partial charge in [-0.05, 0) is 103 Å². The Hall–Kier alpha value is -2.64. The fourth-order valence-corrected chi connectivity index (χ4v) is 5.09. The number of likely N-dealkylation sites (N-methyl/N-ethyl adjacent to an activating group) is 1. The van der Waals surface area contributed by atoms with E-state index in [1.165, 1.54) is 23.9 Å². The molecule has 1 saturated heterocycles. The highest BCUT2D eigenvalue weighted by atomic mass is 79.9. The van der Waals surface area contributed by atoms with Gasteiger partial charge < -0.3 is 4.57 Å². The van der Waals surface area contributed by atoms with Gasteiger partial charge in [-0.1, -0.05) is 12.1 Å². The third kappa shape index (κ3) is 4.25. The van der Waals surface area contributed by atoms with Gasteiger partial charge in [-0.25, -0.2) is 9.38 Å². The number of carbonyl (C=O) groups is 1. The minimum atomic E-state index is -0.313. The van der Waals surface area contributed by atoms with E-state index in [4.69, 9.17) is 0 Å². The van der Waals surface area contributed by atoms with E-state index in [1.807, 2.05) is 38.1 Å². The number of aryl methyl sites for hydroxylation is 1. The standard InChI is InChI=1S/C24H21BrFN3OS/c1-4-28-23(30)22(31-24(28)27-19-11-9-18(26)10-12-19)14-17-13-15(2)29(16(17)3)21-8-6-5-7-20(21)25/h5-14H,4H2,1-3H3/b22-14+,27-24?. The van der Waals surface area contributed by atoms with Gasteiger partial charge in [0, 0.05) is 22.4 Å². The number of thioether (sulfide) groups is 1. The fourth-order valence-electron chi connectivity index (χ4n) is 3.58. The van der Waals surface area contributed by atoms with Gasteiger partial charge in [0.15, 0.2) is 5.17 Å². The molecule has 4 rings (SSSR count). The zero-order chi connectivity index (χ0) is 22.1. The summed E-state index contributed by atoms with van der Waals surface area (Å²) in [6, 6.07) is 16.1. The lowest BCUT2D eigenvalue weighted by molar-refractivity contribution is -0.122. The monoisotopic (exact) mass is 497 g/mol. The van der Waals surface area contributed by atoms with Gasteiger partial charge in [0.1, 0.15) is 5.82 Å². The molecule has 0 saturated carbocycles. The molecular formula is C24H21BrFN3OS. The van der Waals surface area contributed by atoms with Crippen LogP contribution in [0.15, 0.2) is 69.0 Å². The van der Waals surface area contributed by atoms with Crippen molar-refractivity contribution in [3.05, 3.63) is 86.7 Å². The highest BCUT2D eigenvalue weighted by Gasteiger charge is 2.32. The first kappa shape index (κ1) is 21.6. The molecule has 31 heavy (non-hydrogen) atoms. The maximum atomic E-state index is 13.2. The van der Waals surface area contributed by atoms with Gasteiger partial charge in [0.25, 0.3) is 5.91 Å². The lowest BCUT2D eigenvalue weighted by Gasteiger charge is -2.12. The first-order valence-electron chi connectivity index (χ1n) is 9.88. The molecular weight excluding hydrogens is 477 g/mol. The second-order valence-corrected chi connectivity index (χ2v) is 9.01. The average Bonchev–Trinajstić information content (AvgIpc) is 3.19. The van der Waals surface area contributed by atoms with Crippen LogP contribution in [0.25, 0.3) is 11.8 Å². The molecule has 7 heteroatoms. The van der Waals surface area contributed by atoms with Crippen molar-refractivity contribution >= 4 is 50.5 Å². The molecule has 0 unspecified atom stereocenters. The van der Waals surface area contributed by atoms with Gasteiger partial charge in [0.2, 0.25) is 0 Å². The summed E-state index contributed by atoms with van der Waals surface area (Å²) >= 11 is 4.97. The zero-order valence-corrected chi connectivity index (χ0v) is 19.8. The highest BCUT2D eigenvalue weighted by molar-refractivity contribution is 9.10. The number of amidine groups is 1. The lowest BCUT2D eigenvalue weighted by atomic mass is 10.2. The molecule has 0 aliphatic carbocycles. The van der Waals surface area contributed by atoms with Crippen molar-refractivity contribution < 1.29 is 9.18 Å². The molecule has 158 valence electrons. The van der Waals surface area contributed by atoms with E-state index in [1.54, 1.807) is 17.0 Å². The van der Waals surface area contributed by atoms with Gasteiger partial charge in [-0.15, -0.1) is 0 Å². The Kier molecular flexibility index (Phi) is 6.16. The number of rotatable bonds is 4. The molecule has 4 nitrogen and oxygen atoms in total. The van der Waals surface area contributed by atoms with Crippen LogP contribution in [0.2, 0.25) is 0 Å². The fraction of sp³-hybridized carbons (Fsp3) is 0.167. The maximum Gasteiger partial charge on any atom is 0.266 e. The second kappa shape index (κ2) is 8.85. The summed E-state index contributed by atoms with van der Waals surface area (Å²) in [4.78, 5) is 19.8. The van der Waals surface area contributed by atoms with Crippen molar-refractivity contribution in [3.8, 4) is 5.69 Å². The number of aliphatic imine (C=N–C) groups is 1. The van der Waals surface area contributed by atoms with Gasteiger partial charge >= 0.3 is 0 Å². The first-order valence-corrected chi connectivity index (χ1v) is 11.5. The van der Waals surface area contributed by atoms with Crippen LogP contribution in [0.3, 0.4) is 0 Å². The Morgan fingerprint density at radius 3 is 2.52 bits per heavy atom. The zero-order valence-electron chi connectivity index (χ0n) is 17.4. The predicted molar refractivity (Wildman–Crippen MR) is 129 cm³/mol. The van der Waals surface area contributed by atoms with Gasteiger partial charge in [-0.3, -0.25) is 9.69 Å². The van der Waals surface area contributed by atoms with Crippen LogP contribution in [0.4, 0.5) is 10.1 Å². The Balaban J connectivity index is 1.71. The molecule has 0 spiro atoms. The molecule has 1 aliphatic heterocycles. The molecule has 1 fully saturated rings. The topological polar surface area (TPSA) is 37.6 Å². The summed E-state index contributed by atoms with van der Waals surface area (Å²) in [6.07, 6.45) is 1.93. The van der Waals surface area contributed by atoms with Crippen LogP contribution < -0.4 is 0 Å². The van der Waals surface area contributed by atoms with E-state index < -0.39 is 0 Å². The third-order valence-corrected chi connectivity index (χ3v) is 6.78. The van der Waals surface area contributed by atoms with E-state index in [0.29, 0.717) is 22.3 Å². The number of para-hydroxylation sites is 1. The summed E-state index contributed by atoms with van der Waals surface area (Å²) in [5.74, 6) is -0.383. The summed E-state index contributed by atoms with van der Waals surface area (Å²) in [5.41, 5.74) is 4.80. The normalized spacial score (nSPS) is 16.7.